The van der Waals surface area contributed by atoms with E-state index in [1.165, 1.54) is 7.11 Å². The summed E-state index contributed by atoms with van der Waals surface area (Å²) in [5, 5.41) is 3.07. The molecule has 0 spiro atoms. The third-order valence-corrected chi connectivity index (χ3v) is 5.34. The van der Waals surface area contributed by atoms with E-state index in [-0.39, 0.29) is 10.3 Å². The van der Waals surface area contributed by atoms with Gasteiger partial charge in [-0.2, -0.15) is 0 Å². The molecule has 1 unspecified atom stereocenters. The summed E-state index contributed by atoms with van der Waals surface area (Å²) in [6.45, 7) is 2.21. The number of esters is 1. The average molecular weight is 436 g/mol. The van der Waals surface area contributed by atoms with E-state index in [2.05, 4.69) is 15.3 Å². The Morgan fingerprint density at radius 2 is 1.77 bits per heavy atom. The van der Waals surface area contributed by atoms with E-state index in [1.54, 1.807) is 6.92 Å². The molecule has 0 radical (unpaired) electrons. The summed E-state index contributed by atoms with van der Waals surface area (Å²) in [5.74, 6) is 0.0196. The number of aromatic nitrogens is 2. The molecule has 1 aromatic heterocycles. The molecule has 4 rings (SSSR count). The Morgan fingerprint density at radius 3 is 2.45 bits per heavy atom. The Bertz CT molecular complexity index is 1260. The molecule has 0 fully saturated rings. The quantitative estimate of drug-likeness (QED) is 0.414. The largest absolute Gasteiger partial charge is 0.489 e. The van der Waals surface area contributed by atoms with Gasteiger partial charge >= 0.3 is 5.97 Å². The van der Waals surface area contributed by atoms with Crippen molar-refractivity contribution >= 4 is 24.0 Å². The Kier molecular flexibility index (Phi) is 5.73. The molecule has 1 aliphatic rings. The van der Waals surface area contributed by atoms with Gasteiger partial charge in [-0.3, -0.25) is 9.78 Å². The normalized spacial score (nSPS) is 15.1. The van der Waals surface area contributed by atoms with Crippen LogP contribution in [0.5, 0.6) is 5.75 Å². The lowest BCUT2D eigenvalue weighted by Crippen LogP contribution is -2.30. The lowest BCUT2D eigenvalue weighted by molar-refractivity contribution is -0.136. The summed E-state index contributed by atoms with van der Waals surface area (Å²) >= 11 is 5.09. The first-order valence-corrected chi connectivity index (χ1v) is 10.1. The highest BCUT2D eigenvalue weighted by Crippen LogP contribution is 2.39. The molecule has 0 saturated carbocycles. The Labute approximate surface area is 183 Å². The number of hydrogen-bond donors (Lipinski definition) is 3. The molecule has 1 atom stereocenters. The number of hydrogen-bond acceptors (Lipinski definition) is 6. The van der Waals surface area contributed by atoms with Crippen LogP contribution in [0, 0.1) is 4.77 Å². The molecule has 2 heterocycles. The maximum atomic E-state index is 12.8. The molecule has 0 aliphatic carbocycles. The highest BCUT2D eigenvalue weighted by Gasteiger charge is 2.35. The summed E-state index contributed by atoms with van der Waals surface area (Å²) in [6.07, 6.45) is 0. The van der Waals surface area contributed by atoms with E-state index < -0.39 is 11.9 Å². The van der Waals surface area contributed by atoms with Crippen LogP contribution in [0.2, 0.25) is 0 Å². The van der Waals surface area contributed by atoms with Crippen molar-refractivity contribution in [2.24, 2.45) is 0 Å². The number of allylic oxidation sites excluding steroid dienone is 1. The van der Waals surface area contributed by atoms with E-state index in [1.807, 2.05) is 54.6 Å². The zero-order chi connectivity index (χ0) is 22.0. The topological polar surface area (TPSA) is 96.2 Å². The number of aromatic amines is 2. The highest BCUT2D eigenvalue weighted by atomic mass is 32.1. The smallest absolute Gasteiger partial charge is 0.336 e. The maximum Gasteiger partial charge on any atom is 0.336 e. The van der Waals surface area contributed by atoms with Gasteiger partial charge in [-0.15, -0.1) is 0 Å². The van der Waals surface area contributed by atoms with E-state index in [4.69, 9.17) is 21.7 Å². The molecule has 31 heavy (non-hydrogen) atoms. The molecular formula is C23H21N3O4S. The second kappa shape index (κ2) is 8.61. The fraction of sp³-hybridized carbons (Fsp3) is 0.174. The van der Waals surface area contributed by atoms with E-state index in [0.29, 0.717) is 35.0 Å². The van der Waals surface area contributed by atoms with Crippen LogP contribution < -0.4 is 15.6 Å². The predicted octanol–water partition coefficient (Wildman–Crippen LogP) is 4.02. The number of ether oxygens (including phenoxy) is 2. The fourth-order valence-corrected chi connectivity index (χ4v) is 3.89. The lowest BCUT2D eigenvalue weighted by atomic mass is 9.82. The molecule has 1 aliphatic heterocycles. The Morgan fingerprint density at radius 1 is 1.06 bits per heavy atom. The molecule has 0 bridgehead atoms. The Hall–Kier alpha value is -3.65. The molecule has 0 amide bonds. The number of carbonyl (C=O) groups excluding carboxylic acids is 1. The minimum atomic E-state index is -0.623. The number of methoxy groups -OCH3 is 1. The maximum absolute atomic E-state index is 12.8. The SMILES string of the molecule is COC(=O)C1=C(C)Nc2[nH]c(=S)[nH]c(=O)c2C1c1ccc(OCc2ccccc2)cc1. The predicted molar refractivity (Wildman–Crippen MR) is 120 cm³/mol. The van der Waals surface area contributed by atoms with Crippen LogP contribution in [0.3, 0.4) is 0 Å². The zero-order valence-electron chi connectivity index (χ0n) is 17.0. The van der Waals surface area contributed by atoms with Crippen LogP contribution in [0.15, 0.2) is 70.7 Å². The zero-order valence-corrected chi connectivity index (χ0v) is 17.8. The van der Waals surface area contributed by atoms with Crippen molar-refractivity contribution in [1.29, 1.82) is 0 Å². The average Bonchev–Trinajstić information content (AvgIpc) is 2.77. The van der Waals surface area contributed by atoms with E-state index >= 15 is 0 Å². The van der Waals surface area contributed by atoms with Crippen molar-refractivity contribution in [3.63, 3.8) is 0 Å². The van der Waals surface area contributed by atoms with Gasteiger partial charge in [0, 0.05) is 5.70 Å². The molecule has 3 aromatic rings. The van der Waals surface area contributed by atoms with Crippen LogP contribution in [0.1, 0.15) is 29.5 Å². The van der Waals surface area contributed by atoms with Gasteiger partial charge in [0.15, 0.2) is 4.77 Å². The van der Waals surface area contributed by atoms with Gasteiger partial charge in [0.05, 0.1) is 24.2 Å². The number of anilines is 1. The van der Waals surface area contributed by atoms with Gasteiger partial charge in [-0.25, -0.2) is 4.79 Å². The number of nitrogens with one attached hydrogen (secondary N) is 3. The first-order chi connectivity index (χ1) is 15.0. The van der Waals surface area contributed by atoms with Crippen LogP contribution in [-0.2, 0) is 16.1 Å². The van der Waals surface area contributed by atoms with Gasteiger partial charge < -0.3 is 19.8 Å². The van der Waals surface area contributed by atoms with Crippen molar-refractivity contribution in [3.05, 3.63) is 97.7 Å². The summed E-state index contributed by atoms with van der Waals surface area (Å²) < 4.78 is 11.1. The van der Waals surface area contributed by atoms with Crippen LogP contribution in [0.4, 0.5) is 5.82 Å². The van der Waals surface area contributed by atoms with Gasteiger partial charge in [0.2, 0.25) is 0 Å². The second-order valence-corrected chi connectivity index (χ2v) is 7.54. The lowest BCUT2D eigenvalue weighted by Gasteiger charge is -2.28. The molecule has 3 N–H and O–H groups in total. The summed E-state index contributed by atoms with van der Waals surface area (Å²) in [5.41, 5.74) is 2.78. The Balaban J connectivity index is 1.71. The van der Waals surface area contributed by atoms with E-state index in [0.717, 1.165) is 11.1 Å². The van der Waals surface area contributed by atoms with Crippen molar-refractivity contribution in [1.82, 2.24) is 9.97 Å². The van der Waals surface area contributed by atoms with Crippen molar-refractivity contribution in [3.8, 4) is 5.75 Å². The van der Waals surface area contributed by atoms with Crippen LogP contribution in [-0.4, -0.2) is 23.0 Å². The first kappa shape index (κ1) is 20.6. The molecule has 0 saturated heterocycles. The number of rotatable bonds is 5. The number of carbonyl (C=O) groups is 1. The minimum Gasteiger partial charge on any atom is -0.489 e. The first-order valence-electron chi connectivity index (χ1n) is 9.67. The van der Waals surface area contributed by atoms with Crippen LogP contribution >= 0.6 is 12.2 Å². The van der Waals surface area contributed by atoms with Crippen LogP contribution in [0.25, 0.3) is 0 Å². The molecule has 8 heteroatoms. The van der Waals surface area contributed by atoms with Gasteiger partial charge in [0.1, 0.15) is 18.2 Å². The third kappa shape index (κ3) is 4.15. The number of H-pyrrole nitrogens is 2. The second-order valence-electron chi connectivity index (χ2n) is 7.13. The minimum absolute atomic E-state index is 0.203. The molecule has 158 valence electrons. The summed E-state index contributed by atoms with van der Waals surface area (Å²) in [6, 6.07) is 17.2. The highest BCUT2D eigenvalue weighted by molar-refractivity contribution is 7.71. The molecule has 2 aromatic carbocycles. The van der Waals surface area contributed by atoms with Gasteiger partial charge in [-0.05, 0) is 42.4 Å². The summed E-state index contributed by atoms with van der Waals surface area (Å²) in [4.78, 5) is 30.9. The van der Waals surface area contributed by atoms with E-state index in [9.17, 15) is 9.59 Å². The number of benzene rings is 2. The molecule has 7 nitrogen and oxygen atoms in total. The molecular weight excluding hydrogens is 414 g/mol. The van der Waals surface area contributed by atoms with Crippen molar-refractivity contribution in [2.45, 2.75) is 19.4 Å². The third-order valence-electron chi connectivity index (χ3n) is 5.14. The van der Waals surface area contributed by atoms with Crippen molar-refractivity contribution < 1.29 is 14.3 Å². The van der Waals surface area contributed by atoms with Gasteiger partial charge in [-0.1, -0.05) is 42.5 Å². The fourth-order valence-electron chi connectivity index (χ4n) is 3.70. The number of fused-ring (bicyclic) bond motifs is 1. The summed E-state index contributed by atoms with van der Waals surface area (Å²) in [7, 11) is 1.32. The van der Waals surface area contributed by atoms with Crippen molar-refractivity contribution in [2.75, 3.05) is 12.4 Å². The standard InChI is InChI=1S/C23H21N3O4S/c1-13-17(22(28)29-2)18(19-20(24-13)25-23(31)26-21(19)27)15-8-10-16(11-9-15)30-12-14-6-4-3-5-7-14/h3-11,18H,12H2,1-2H3,(H3,24,25,26,27,31). The van der Waals surface area contributed by atoms with Gasteiger partial charge in [0.25, 0.3) is 5.56 Å². The monoisotopic (exact) mass is 435 g/mol.